The fourth-order valence-electron chi connectivity index (χ4n) is 1.44. The molecule has 0 bridgehead atoms. The van der Waals surface area contributed by atoms with Crippen molar-refractivity contribution in [3.63, 3.8) is 0 Å². The Kier molecular flexibility index (Phi) is 2.11. The Balaban J connectivity index is 2.91. The van der Waals surface area contributed by atoms with E-state index in [1.54, 1.807) is 11.6 Å². The van der Waals surface area contributed by atoms with Crippen LogP contribution in [0.25, 0.3) is 11.0 Å². The van der Waals surface area contributed by atoms with E-state index in [9.17, 15) is 4.79 Å². The van der Waals surface area contributed by atoms with E-state index in [-0.39, 0.29) is 5.56 Å². The highest BCUT2D eigenvalue weighted by Gasteiger charge is 2.08. The van der Waals surface area contributed by atoms with Crippen LogP contribution in [0.4, 0.5) is 0 Å². The summed E-state index contributed by atoms with van der Waals surface area (Å²) in [7, 11) is 1.73. The minimum absolute atomic E-state index is 0.0209. The van der Waals surface area contributed by atoms with E-state index in [0.29, 0.717) is 5.52 Å². The van der Waals surface area contributed by atoms with Gasteiger partial charge in [0.2, 0.25) is 0 Å². The normalized spacial score (nSPS) is 11.1. The lowest BCUT2D eigenvalue weighted by Crippen LogP contribution is -2.19. The lowest BCUT2D eigenvalue weighted by molar-refractivity contribution is 0.726. The van der Waals surface area contributed by atoms with Gasteiger partial charge < -0.3 is 4.98 Å². The first-order chi connectivity index (χ1) is 6.63. The first-order valence-corrected chi connectivity index (χ1v) is 5.46. The molecule has 1 N–H and O–H groups in total. The van der Waals surface area contributed by atoms with Crippen LogP contribution in [0.3, 0.4) is 0 Å². The number of fused-ring (bicyclic) bond motifs is 1. The highest BCUT2D eigenvalue weighted by molar-refractivity contribution is 7.98. The molecule has 0 amide bonds. The number of aromatic amines is 1. The van der Waals surface area contributed by atoms with Crippen LogP contribution in [0.5, 0.6) is 0 Å². The summed E-state index contributed by atoms with van der Waals surface area (Å²) in [6.07, 6.45) is 1.91. The predicted octanol–water partition coefficient (Wildman–Crippen LogP) is 1.29. The molecule has 14 heavy (non-hydrogen) atoms. The summed E-state index contributed by atoms with van der Waals surface area (Å²) in [5.74, 6) is 0. The van der Waals surface area contributed by atoms with Gasteiger partial charge in [0.15, 0.2) is 5.16 Å². The lowest BCUT2D eigenvalue weighted by Gasteiger charge is -2.02. The van der Waals surface area contributed by atoms with Gasteiger partial charge in [-0.1, -0.05) is 11.8 Å². The quantitative estimate of drug-likeness (QED) is 0.569. The maximum absolute atomic E-state index is 11.8. The molecule has 0 fully saturated rings. The van der Waals surface area contributed by atoms with E-state index in [0.717, 1.165) is 16.4 Å². The lowest BCUT2D eigenvalue weighted by atomic mass is 10.4. The molecule has 0 aliphatic rings. The Labute approximate surface area is 85.4 Å². The molecule has 0 radical (unpaired) electrons. The smallest absolute Gasteiger partial charge is 0.278 e. The van der Waals surface area contributed by atoms with Crippen molar-refractivity contribution >= 4 is 22.8 Å². The Morgan fingerprint density at radius 2 is 2.29 bits per heavy atom. The largest absolute Gasteiger partial charge is 0.353 e. The number of aromatic nitrogens is 3. The van der Waals surface area contributed by atoms with Gasteiger partial charge in [-0.3, -0.25) is 9.36 Å². The number of hydrogen-bond acceptors (Lipinski definition) is 3. The molecular formula is C9H11N3OS. The van der Waals surface area contributed by atoms with Crippen LogP contribution in [0.2, 0.25) is 0 Å². The van der Waals surface area contributed by atoms with E-state index in [2.05, 4.69) is 9.97 Å². The van der Waals surface area contributed by atoms with Gasteiger partial charge in [0.1, 0.15) is 5.52 Å². The van der Waals surface area contributed by atoms with Crippen molar-refractivity contribution in [3.8, 4) is 0 Å². The summed E-state index contributed by atoms with van der Waals surface area (Å²) >= 11 is 1.47. The van der Waals surface area contributed by atoms with Crippen molar-refractivity contribution in [1.82, 2.24) is 14.5 Å². The molecule has 4 nitrogen and oxygen atoms in total. The van der Waals surface area contributed by atoms with Crippen LogP contribution in [-0.4, -0.2) is 20.8 Å². The molecule has 0 saturated heterocycles. The molecule has 0 saturated carbocycles. The van der Waals surface area contributed by atoms with Crippen LogP contribution < -0.4 is 5.56 Å². The minimum atomic E-state index is -0.0209. The predicted molar refractivity (Wildman–Crippen MR) is 57.9 cm³/mol. The standard InChI is InChI=1S/C9H11N3OS/c1-5-4-6-7(10-5)8(13)12(2)9(11-6)14-3/h4,10H,1-3H3. The van der Waals surface area contributed by atoms with Gasteiger partial charge in [-0.25, -0.2) is 4.98 Å². The fourth-order valence-corrected chi connectivity index (χ4v) is 1.99. The van der Waals surface area contributed by atoms with Crippen molar-refractivity contribution in [3.05, 3.63) is 22.1 Å². The van der Waals surface area contributed by atoms with Gasteiger partial charge in [-0.2, -0.15) is 0 Å². The number of hydrogen-bond donors (Lipinski definition) is 1. The van der Waals surface area contributed by atoms with Gasteiger partial charge in [0, 0.05) is 12.7 Å². The molecule has 2 heterocycles. The summed E-state index contributed by atoms with van der Waals surface area (Å²) in [4.78, 5) is 19.2. The molecule has 0 aliphatic carbocycles. The van der Waals surface area contributed by atoms with E-state index in [4.69, 9.17) is 0 Å². The van der Waals surface area contributed by atoms with Crippen molar-refractivity contribution < 1.29 is 0 Å². The van der Waals surface area contributed by atoms with Gasteiger partial charge in [0.05, 0.1) is 5.52 Å². The average Bonchev–Trinajstić information content (AvgIpc) is 2.52. The second-order valence-corrected chi connectivity index (χ2v) is 3.95. The van der Waals surface area contributed by atoms with Crippen molar-refractivity contribution in [1.29, 1.82) is 0 Å². The van der Waals surface area contributed by atoms with Crippen molar-refractivity contribution in [2.24, 2.45) is 7.05 Å². The maximum Gasteiger partial charge on any atom is 0.278 e. The van der Waals surface area contributed by atoms with E-state index < -0.39 is 0 Å². The van der Waals surface area contributed by atoms with Crippen molar-refractivity contribution in [2.45, 2.75) is 12.1 Å². The topological polar surface area (TPSA) is 50.7 Å². The van der Waals surface area contributed by atoms with E-state index in [1.165, 1.54) is 11.8 Å². The molecule has 0 atom stereocenters. The minimum Gasteiger partial charge on any atom is -0.353 e. The van der Waals surface area contributed by atoms with Crippen LogP contribution in [-0.2, 0) is 7.05 Å². The zero-order chi connectivity index (χ0) is 10.3. The number of nitrogens with zero attached hydrogens (tertiary/aromatic N) is 2. The molecule has 2 rings (SSSR count). The molecule has 74 valence electrons. The van der Waals surface area contributed by atoms with E-state index >= 15 is 0 Å². The first kappa shape index (κ1) is 9.33. The number of H-pyrrole nitrogens is 1. The molecule has 0 unspecified atom stereocenters. The molecule has 0 aliphatic heterocycles. The molecule has 0 spiro atoms. The molecular weight excluding hydrogens is 198 g/mol. The molecule has 5 heteroatoms. The summed E-state index contributed by atoms with van der Waals surface area (Å²) in [5, 5.41) is 0.738. The Hall–Kier alpha value is -1.23. The second-order valence-electron chi connectivity index (χ2n) is 3.18. The molecule has 2 aromatic heterocycles. The molecule has 2 aromatic rings. The average molecular weight is 209 g/mol. The fraction of sp³-hybridized carbons (Fsp3) is 0.333. The zero-order valence-corrected chi connectivity index (χ0v) is 9.10. The number of thioether (sulfide) groups is 1. The van der Waals surface area contributed by atoms with Gasteiger partial charge >= 0.3 is 0 Å². The Bertz CT molecular complexity index is 541. The summed E-state index contributed by atoms with van der Waals surface area (Å²) < 4.78 is 1.56. The Morgan fingerprint density at radius 3 is 2.93 bits per heavy atom. The van der Waals surface area contributed by atoms with E-state index in [1.807, 2.05) is 19.2 Å². The van der Waals surface area contributed by atoms with Crippen LogP contribution in [0.15, 0.2) is 16.0 Å². The number of nitrogens with one attached hydrogen (secondary N) is 1. The third kappa shape index (κ3) is 1.24. The number of aryl methyl sites for hydroxylation is 1. The molecule has 0 aromatic carbocycles. The summed E-state index contributed by atoms with van der Waals surface area (Å²) in [6.45, 7) is 1.92. The van der Waals surface area contributed by atoms with Crippen LogP contribution in [0, 0.1) is 6.92 Å². The third-order valence-electron chi connectivity index (χ3n) is 2.14. The van der Waals surface area contributed by atoms with Crippen LogP contribution in [0.1, 0.15) is 5.69 Å². The SMILES string of the molecule is CSc1nc2cc(C)[nH]c2c(=O)n1C. The Morgan fingerprint density at radius 1 is 1.57 bits per heavy atom. The maximum atomic E-state index is 11.8. The van der Waals surface area contributed by atoms with Gasteiger partial charge in [-0.05, 0) is 19.2 Å². The highest BCUT2D eigenvalue weighted by atomic mass is 32.2. The highest BCUT2D eigenvalue weighted by Crippen LogP contribution is 2.14. The second kappa shape index (κ2) is 3.16. The zero-order valence-electron chi connectivity index (χ0n) is 8.29. The van der Waals surface area contributed by atoms with Crippen molar-refractivity contribution in [2.75, 3.05) is 6.26 Å². The van der Waals surface area contributed by atoms with Gasteiger partial charge in [0.25, 0.3) is 5.56 Å². The summed E-state index contributed by atoms with van der Waals surface area (Å²) in [5.41, 5.74) is 2.27. The number of rotatable bonds is 1. The third-order valence-corrected chi connectivity index (χ3v) is 2.87. The van der Waals surface area contributed by atoms with Gasteiger partial charge in [-0.15, -0.1) is 0 Å². The summed E-state index contributed by atoms with van der Waals surface area (Å²) in [6, 6.07) is 1.89. The first-order valence-electron chi connectivity index (χ1n) is 4.24. The van der Waals surface area contributed by atoms with Crippen LogP contribution >= 0.6 is 11.8 Å². The monoisotopic (exact) mass is 209 g/mol.